The molecule has 0 bridgehead atoms. The Bertz CT molecular complexity index is 1120. The van der Waals surface area contributed by atoms with Crippen molar-refractivity contribution in [3.63, 3.8) is 0 Å². The van der Waals surface area contributed by atoms with E-state index in [0.29, 0.717) is 18.8 Å². The van der Waals surface area contributed by atoms with Crippen LogP contribution in [0.3, 0.4) is 0 Å². The molecule has 13 heteroatoms. The van der Waals surface area contributed by atoms with Crippen LogP contribution in [0.2, 0.25) is 0 Å². The number of rotatable bonds is 5. The Hall–Kier alpha value is -1.26. The fraction of sp³-hybridized carbons (Fsp3) is 0.950. The van der Waals surface area contributed by atoms with Gasteiger partial charge in [-0.2, -0.15) is 0 Å². The molecule has 3 aliphatic rings. The molecule has 2 saturated heterocycles. The number of ether oxygens (including phenoxy) is 3. The summed E-state index contributed by atoms with van der Waals surface area (Å²) in [4.78, 5) is 30.7. The van der Waals surface area contributed by atoms with Crippen LogP contribution in [0, 0.1) is 29.6 Å². The SMILES string of the molecule is CC.CC1C(=O)[C@H](C)C[C@@](C)(N(C)C)C[C@@H](C)[C@H](O[C@H]2C[C@@](C)(N)[C@@H](O)C(C)O2)C(C)C(=O)OC[C@@](C)(O)C1O.CCN(C)C1CC(C)CC(O)[C@@H]1O. The van der Waals surface area contributed by atoms with Gasteiger partial charge in [0, 0.05) is 35.4 Å². The first-order chi connectivity index (χ1) is 24.3. The van der Waals surface area contributed by atoms with Crippen LogP contribution in [0.4, 0.5) is 0 Å². The molecule has 1 saturated carbocycles. The van der Waals surface area contributed by atoms with E-state index in [2.05, 4.69) is 30.6 Å². The normalized spacial score (nSPS) is 44.9. The molecule has 53 heavy (non-hydrogen) atoms. The lowest BCUT2D eigenvalue weighted by Gasteiger charge is -2.46. The van der Waals surface area contributed by atoms with E-state index >= 15 is 0 Å². The van der Waals surface area contributed by atoms with Crippen molar-refractivity contribution in [1.82, 2.24) is 9.80 Å². The summed E-state index contributed by atoms with van der Waals surface area (Å²) in [7, 11) is 5.91. The number of nitrogens with zero attached hydrogens (tertiary/aromatic N) is 2. The first kappa shape index (κ1) is 49.8. The Morgan fingerprint density at radius 3 is 1.94 bits per heavy atom. The van der Waals surface area contributed by atoms with E-state index in [1.165, 1.54) is 6.92 Å². The molecule has 0 aromatic carbocycles. The lowest BCUT2D eigenvalue weighted by molar-refractivity contribution is -0.264. The van der Waals surface area contributed by atoms with Gasteiger partial charge in [-0.05, 0) is 99.8 Å². The highest BCUT2D eigenvalue weighted by Gasteiger charge is 2.47. The fourth-order valence-corrected chi connectivity index (χ4v) is 8.24. The third-order valence-electron chi connectivity index (χ3n) is 12.1. The van der Waals surface area contributed by atoms with Gasteiger partial charge in [0.15, 0.2) is 6.29 Å². The lowest BCUT2D eigenvalue weighted by Crippen LogP contribution is -2.61. The van der Waals surface area contributed by atoms with E-state index < -0.39 is 84.0 Å². The zero-order chi connectivity index (χ0) is 41.4. The first-order valence-corrected chi connectivity index (χ1v) is 19.9. The second kappa shape index (κ2) is 20.8. The molecule has 0 radical (unpaired) electrons. The van der Waals surface area contributed by atoms with E-state index in [1.807, 2.05) is 48.8 Å². The van der Waals surface area contributed by atoms with Gasteiger partial charge >= 0.3 is 5.97 Å². The van der Waals surface area contributed by atoms with Crippen molar-refractivity contribution in [2.75, 3.05) is 34.3 Å². The van der Waals surface area contributed by atoms with Crippen molar-refractivity contribution in [3.05, 3.63) is 0 Å². The average molecular weight is 762 g/mol. The van der Waals surface area contributed by atoms with Crippen molar-refractivity contribution < 1.29 is 49.3 Å². The summed E-state index contributed by atoms with van der Waals surface area (Å²) < 4.78 is 17.9. The Balaban J connectivity index is 0.000000780. The van der Waals surface area contributed by atoms with Crippen LogP contribution < -0.4 is 5.73 Å². The minimum atomic E-state index is -1.82. The number of aliphatic hydroxyl groups excluding tert-OH is 4. The molecular formula is C40H79N3O10. The molecule has 0 aromatic heterocycles. The van der Waals surface area contributed by atoms with Gasteiger partial charge < -0.3 is 55.3 Å². The number of nitrogens with two attached hydrogens (primary N) is 1. The first-order valence-electron chi connectivity index (χ1n) is 19.9. The summed E-state index contributed by atoms with van der Waals surface area (Å²) in [6.07, 6.45) is -2.27. The average Bonchev–Trinajstić information content (AvgIpc) is 3.08. The van der Waals surface area contributed by atoms with Crippen LogP contribution >= 0.6 is 0 Å². The third-order valence-corrected chi connectivity index (χ3v) is 12.1. The topological polar surface area (TPSA) is 195 Å². The molecule has 2 aliphatic heterocycles. The van der Waals surface area contributed by atoms with Gasteiger partial charge in [-0.3, -0.25) is 9.59 Å². The highest BCUT2D eigenvalue weighted by atomic mass is 16.7. The standard InChI is InChI=1S/C28H52N2O8.C10H21NO2.C2H6/c1-15-11-26(6,30(9)10)12-16(2)22(38-20-13-27(7,29)24(33)19(5)37-20)18(4)25(34)36-14-28(8,35)23(32)17(3)21(15)31;1-4-11(3)8-5-7(2)6-9(12)10(8)13;1-2/h15-20,22-24,32-33,35H,11-14,29H2,1-10H3;7-10,12-13H,4-6H2,1-3H3;1-2H3/t15-,16-,17?,18?,19?,20+,22+,23?,24+,26-,27-,28-;7?,8?,9?,10-;/m11./s1. The monoisotopic (exact) mass is 762 g/mol. The van der Waals surface area contributed by atoms with Crippen LogP contribution in [0.5, 0.6) is 0 Å². The number of esters is 1. The molecule has 314 valence electrons. The maximum absolute atomic E-state index is 13.3. The van der Waals surface area contributed by atoms with Crippen molar-refractivity contribution in [2.24, 2.45) is 35.3 Å². The van der Waals surface area contributed by atoms with Crippen LogP contribution in [0.25, 0.3) is 0 Å². The number of ketones is 1. The van der Waals surface area contributed by atoms with Gasteiger partial charge in [-0.25, -0.2) is 0 Å². The zero-order valence-corrected chi connectivity index (χ0v) is 35.7. The highest BCUT2D eigenvalue weighted by Crippen LogP contribution is 2.37. The smallest absolute Gasteiger partial charge is 0.311 e. The van der Waals surface area contributed by atoms with Crippen LogP contribution in [0.1, 0.15) is 115 Å². The maximum Gasteiger partial charge on any atom is 0.311 e. The summed E-state index contributed by atoms with van der Waals surface area (Å²) in [6, 6.07) is 0.128. The Morgan fingerprint density at radius 2 is 1.43 bits per heavy atom. The van der Waals surface area contributed by atoms with Gasteiger partial charge in [0.05, 0.1) is 42.5 Å². The number of hydrogen-bond acceptors (Lipinski definition) is 13. The van der Waals surface area contributed by atoms with Gasteiger partial charge in [-0.1, -0.05) is 48.5 Å². The molecule has 7 N–H and O–H groups in total. The molecule has 3 fully saturated rings. The van der Waals surface area contributed by atoms with E-state index in [1.54, 1.807) is 27.7 Å². The van der Waals surface area contributed by atoms with Crippen molar-refractivity contribution in [2.45, 2.75) is 181 Å². The number of carbonyl (C=O) groups is 2. The number of aliphatic hydroxyl groups is 5. The minimum Gasteiger partial charge on any atom is -0.462 e. The Kier molecular flexibility index (Phi) is 19.5. The van der Waals surface area contributed by atoms with Crippen molar-refractivity contribution >= 4 is 11.8 Å². The molecule has 2 heterocycles. The van der Waals surface area contributed by atoms with Crippen LogP contribution in [-0.2, 0) is 23.8 Å². The molecule has 0 aromatic rings. The van der Waals surface area contributed by atoms with E-state index in [9.17, 15) is 35.1 Å². The molecule has 3 rings (SSSR count). The van der Waals surface area contributed by atoms with Crippen LogP contribution in [-0.4, -0.2) is 147 Å². The fourth-order valence-electron chi connectivity index (χ4n) is 8.24. The number of likely N-dealkylation sites (N-methyl/N-ethyl adjacent to an activating group) is 1. The molecule has 0 amide bonds. The molecule has 13 nitrogen and oxygen atoms in total. The molecule has 1 aliphatic carbocycles. The summed E-state index contributed by atoms with van der Waals surface area (Å²) in [5.41, 5.74) is 3.15. The van der Waals surface area contributed by atoms with E-state index in [4.69, 9.17) is 19.9 Å². The van der Waals surface area contributed by atoms with E-state index in [-0.39, 0.29) is 30.1 Å². The number of hydrogen-bond donors (Lipinski definition) is 6. The number of cyclic esters (lactones) is 1. The summed E-state index contributed by atoms with van der Waals surface area (Å²) in [5.74, 6) is -2.38. The molecule has 16 atom stereocenters. The molecule has 7 unspecified atom stereocenters. The quantitative estimate of drug-likeness (QED) is 0.224. The minimum absolute atomic E-state index is 0.128. The van der Waals surface area contributed by atoms with E-state index in [0.717, 1.165) is 19.4 Å². The third kappa shape index (κ3) is 13.2. The van der Waals surface area contributed by atoms with Gasteiger partial charge in [0.2, 0.25) is 0 Å². The molecule has 0 spiro atoms. The van der Waals surface area contributed by atoms with Crippen LogP contribution in [0.15, 0.2) is 0 Å². The Morgan fingerprint density at radius 1 is 0.868 bits per heavy atom. The van der Waals surface area contributed by atoms with Crippen molar-refractivity contribution in [3.8, 4) is 0 Å². The van der Waals surface area contributed by atoms with Gasteiger partial charge in [0.25, 0.3) is 0 Å². The predicted octanol–water partition coefficient (Wildman–Crippen LogP) is 2.95. The number of Topliss-reactive ketones (excluding diaryl/α,β-unsaturated/α-hetero) is 1. The summed E-state index contributed by atoms with van der Waals surface area (Å²) in [5, 5.41) is 51.6. The number of carbonyl (C=O) groups excluding carboxylic acids is 2. The summed E-state index contributed by atoms with van der Waals surface area (Å²) >= 11 is 0. The second-order valence-corrected chi connectivity index (χ2v) is 17.4. The largest absolute Gasteiger partial charge is 0.462 e. The van der Waals surface area contributed by atoms with Gasteiger partial charge in [-0.15, -0.1) is 0 Å². The Labute approximate surface area is 320 Å². The zero-order valence-electron chi connectivity index (χ0n) is 35.7. The second-order valence-electron chi connectivity index (χ2n) is 17.4. The molecular weight excluding hydrogens is 682 g/mol. The van der Waals surface area contributed by atoms with Gasteiger partial charge in [0.1, 0.15) is 18.0 Å². The maximum atomic E-state index is 13.3. The lowest BCUT2D eigenvalue weighted by atomic mass is 9.74. The highest BCUT2D eigenvalue weighted by molar-refractivity contribution is 5.83. The predicted molar refractivity (Wildman–Crippen MR) is 207 cm³/mol. The van der Waals surface area contributed by atoms with Crippen molar-refractivity contribution in [1.29, 1.82) is 0 Å². The summed E-state index contributed by atoms with van der Waals surface area (Å²) in [6.45, 7) is 22.7.